The highest BCUT2D eigenvalue weighted by molar-refractivity contribution is 6.02. The Morgan fingerprint density at radius 1 is 1.11 bits per heavy atom. The van der Waals surface area contributed by atoms with Crippen LogP contribution in [0.3, 0.4) is 0 Å². The predicted octanol–water partition coefficient (Wildman–Crippen LogP) is 8.61. The Morgan fingerprint density at radius 3 is 2.46 bits per heavy atom. The van der Waals surface area contributed by atoms with E-state index in [0.29, 0.717) is 12.1 Å². The van der Waals surface area contributed by atoms with E-state index in [2.05, 4.69) is 57.0 Å². The van der Waals surface area contributed by atoms with Gasteiger partial charge < -0.3 is 10.1 Å². The summed E-state index contributed by atoms with van der Waals surface area (Å²) in [5.41, 5.74) is 7.48. The lowest BCUT2D eigenvalue weighted by molar-refractivity contribution is 0.412. The van der Waals surface area contributed by atoms with E-state index in [1.54, 1.807) is 7.11 Å². The molecule has 2 aromatic carbocycles. The second kappa shape index (κ2) is 16.8. The van der Waals surface area contributed by atoms with Gasteiger partial charge in [-0.15, -0.1) is 0 Å². The number of nitrogens with zero attached hydrogens (tertiary/aromatic N) is 2. The average molecular weight is 498 g/mol. The molecule has 196 valence electrons. The maximum Gasteiger partial charge on any atom is 0.133 e. The smallest absolute Gasteiger partial charge is 0.133 e. The topological polar surface area (TPSA) is 57.4 Å². The molecule has 0 heterocycles. The molecule has 0 saturated carbocycles. The standard InChI is InChI=1S/C31H37N3O.C2H6/c1-8-10-16-33-31(34-21-24(5)13-12-22(3)11-9-2)29-18-26(19-30(35-7)25(29)6)28-15-14-23(4)17-27(28)20-32;1-2/h10-19H,5,8-9,21H2,1-4,6-7H3,(H,33,34);1-2H3/b13-12-,16-10+,22-11+;. The van der Waals surface area contributed by atoms with Gasteiger partial charge in [0, 0.05) is 11.1 Å². The lowest BCUT2D eigenvalue weighted by Crippen LogP contribution is -2.21. The molecule has 37 heavy (non-hydrogen) atoms. The van der Waals surface area contributed by atoms with Gasteiger partial charge in [0.25, 0.3) is 0 Å². The van der Waals surface area contributed by atoms with Crippen LogP contribution in [0.25, 0.3) is 11.1 Å². The maximum absolute atomic E-state index is 9.73. The summed E-state index contributed by atoms with van der Waals surface area (Å²) in [5, 5.41) is 13.1. The minimum atomic E-state index is 0.457. The second-order valence-corrected chi connectivity index (χ2v) is 8.48. The first-order chi connectivity index (χ1) is 17.8. The highest BCUT2D eigenvalue weighted by Gasteiger charge is 2.15. The third kappa shape index (κ3) is 9.61. The van der Waals surface area contributed by atoms with E-state index < -0.39 is 0 Å². The number of hydrogen-bond donors (Lipinski definition) is 1. The molecule has 0 fully saturated rings. The Kier molecular flexibility index (Phi) is 14.1. The number of amidine groups is 1. The molecule has 0 bridgehead atoms. The van der Waals surface area contributed by atoms with E-state index >= 15 is 0 Å². The molecule has 0 atom stereocenters. The largest absolute Gasteiger partial charge is 0.496 e. The molecule has 4 heteroatoms. The molecule has 0 aliphatic heterocycles. The number of ether oxygens (including phenoxy) is 1. The zero-order valence-electron chi connectivity index (χ0n) is 23.9. The fourth-order valence-corrected chi connectivity index (χ4v) is 3.64. The van der Waals surface area contributed by atoms with Gasteiger partial charge in [-0.05, 0) is 80.3 Å². The Hall–Kier alpha value is -3.84. The minimum absolute atomic E-state index is 0.457. The SMILES string of the molecule is C=C(/C=C\C(C)=C\CC)CN=C(N/C=C/CC)c1cc(-c2ccc(C)cc2C#N)cc(OC)c1C.CC. The summed E-state index contributed by atoms with van der Waals surface area (Å²) in [4.78, 5) is 4.88. The molecule has 0 aromatic heterocycles. The van der Waals surface area contributed by atoms with Crippen molar-refractivity contribution in [3.8, 4) is 22.9 Å². The van der Waals surface area contributed by atoms with Crippen molar-refractivity contribution in [3.63, 3.8) is 0 Å². The summed E-state index contributed by atoms with van der Waals surface area (Å²) < 4.78 is 5.72. The highest BCUT2D eigenvalue weighted by Crippen LogP contribution is 2.32. The fraction of sp³-hybridized carbons (Fsp3) is 0.333. The summed E-state index contributed by atoms with van der Waals surface area (Å²) in [6, 6.07) is 12.3. The Morgan fingerprint density at radius 2 is 1.84 bits per heavy atom. The van der Waals surface area contributed by atoms with Crippen LogP contribution < -0.4 is 10.1 Å². The van der Waals surface area contributed by atoms with Gasteiger partial charge in [0.05, 0.1) is 25.3 Å². The van der Waals surface area contributed by atoms with Gasteiger partial charge in [0.2, 0.25) is 0 Å². The Bertz CT molecular complexity index is 1210. The number of benzene rings is 2. The van der Waals surface area contributed by atoms with Crippen molar-refractivity contribution in [2.75, 3.05) is 13.7 Å². The molecule has 1 N–H and O–H groups in total. The number of methoxy groups -OCH3 is 1. The number of nitrogens with one attached hydrogen (secondary N) is 1. The second-order valence-electron chi connectivity index (χ2n) is 8.48. The Balaban J connectivity index is 0.00000334. The lowest BCUT2D eigenvalue weighted by Gasteiger charge is -2.17. The van der Waals surface area contributed by atoms with Crippen molar-refractivity contribution in [3.05, 3.63) is 101 Å². The molecule has 0 saturated heterocycles. The molecule has 0 aliphatic carbocycles. The van der Waals surface area contributed by atoms with Crippen molar-refractivity contribution in [2.45, 2.75) is 61.3 Å². The Labute approximate surface area is 224 Å². The van der Waals surface area contributed by atoms with Crippen molar-refractivity contribution < 1.29 is 4.74 Å². The summed E-state index contributed by atoms with van der Waals surface area (Å²) in [6.45, 7) is 18.9. The van der Waals surface area contributed by atoms with Gasteiger partial charge in [0.15, 0.2) is 0 Å². The first-order valence-corrected chi connectivity index (χ1v) is 13.0. The van der Waals surface area contributed by atoms with Gasteiger partial charge in [-0.1, -0.05) is 76.3 Å². The van der Waals surface area contributed by atoms with Crippen LogP contribution in [-0.2, 0) is 0 Å². The summed E-state index contributed by atoms with van der Waals surface area (Å²) in [5.74, 6) is 1.48. The molecule has 0 radical (unpaired) electrons. The van der Waals surface area contributed by atoms with E-state index in [-0.39, 0.29) is 0 Å². The van der Waals surface area contributed by atoms with Gasteiger partial charge in [-0.25, -0.2) is 0 Å². The van der Waals surface area contributed by atoms with Crippen molar-refractivity contribution in [1.29, 1.82) is 5.26 Å². The minimum Gasteiger partial charge on any atom is -0.496 e. The molecule has 0 spiro atoms. The van der Waals surface area contributed by atoms with Crippen molar-refractivity contribution >= 4 is 5.84 Å². The molecule has 2 rings (SSSR count). The van der Waals surface area contributed by atoms with E-state index in [1.165, 1.54) is 5.57 Å². The molecule has 0 unspecified atom stereocenters. The molecule has 0 aliphatic rings. The highest BCUT2D eigenvalue weighted by atomic mass is 16.5. The fourth-order valence-electron chi connectivity index (χ4n) is 3.64. The molecule has 4 nitrogen and oxygen atoms in total. The molecule has 0 amide bonds. The number of nitriles is 1. The first-order valence-electron chi connectivity index (χ1n) is 13.0. The average Bonchev–Trinajstić information content (AvgIpc) is 2.91. The van der Waals surface area contributed by atoms with Crippen LogP contribution in [0, 0.1) is 25.2 Å². The molecular formula is C33H43N3O. The van der Waals surface area contributed by atoms with Crippen LogP contribution in [0.1, 0.15) is 69.7 Å². The van der Waals surface area contributed by atoms with Crippen LogP contribution in [0.15, 0.2) is 83.6 Å². The van der Waals surface area contributed by atoms with E-state index in [4.69, 9.17) is 9.73 Å². The van der Waals surface area contributed by atoms with E-state index in [1.807, 2.05) is 70.3 Å². The quantitative estimate of drug-likeness (QED) is 0.203. The lowest BCUT2D eigenvalue weighted by atomic mass is 9.94. The van der Waals surface area contributed by atoms with E-state index in [0.717, 1.165) is 57.8 Å². The third-order valence-corrected chi connectivity index (χ3v) is 5.56. The van der Waals surface area contributed by atoms with Crippen molar-refractivity contribution in [1.82, 2.24) is 5.32 Å². The third-order valence-electron chi connectivity index (χ3n) is 5.56. The predicted molar refractivity (Wildman–Crippen MR) is 160 cm³/mol. The molecular weight excluding hydrogens is 454 g/mol. The zero-order valence-corrected chi connectivity index (χ0v) is 23.9. The number of aryl methyl sites for hydroxylation is 1. The van der Waals surface area contributed by atoms with Crippen LogP contribution in [0.2, 0.25) is 0 Å². The maximum atomic E-state index is 9.73. The molecule has 2 aromatic rings. The number of allylic oxidation sites excluding steroid dienone is 4. The zero-order chi connectivity index (χ0) is 27.8. The van der Waals surface area contributed by atoms with Gasteiger partial charge in [0.1, 0.15) is 11.6 Å². The van der Waals surface area contributed by atoms with E-state index in [9.17, 15) is 5.26 Å². The van der Waals surface area contributed by atoms with Crippen LogP contribution in [-0.4, -0.2) is 19.5 Å². The number of rotatable bonds is 10. The summed E-state index contributed by atoms with van der Waals surface area (Å²) >= 11 is 0. The van der Waals surface area contributed by atoms with Gasteiger partial charge >= 0.3 is 0 Å². The van der Waals surface area contributed by atoms with Gasteiger partial charge in [-0.3, -0.25) is 4.99 Å². The normalized spacial score (nSPS) is 11.8. The van der Waals surface area contributed by atoms with Crippen molar-refractivity contribution in [2.24, 2.45) is 4.99 Å². The van der Waals surface area contributed by atoms with Crippen LogP contribution >= 0.6 is 0 Å². The van der Waals surface area contributed by atoms with Crippen LogP contribution in [0.5, 0.6) is 5.75 Å². The number of aliphatic imine (C=N–C) groups is 1. The van der Waals surface area contributed by atoms with Crippen LogP contribution in [0.4, 0.5) is 0 Å². The monoisotopic (exact) mass is 497 g/mol. The number of hydrogen-bond acceptors (Lipinski definition) is 3. The van der Waals surface area contributed by atoms with Gasteiger partial charge in [-0.2, -0.15) is 5.26 Å². The first kappa shape index (κ1) is 31.2. The summed E-state index contributed by atoms with van der Waals surface area (Å²) in [7, 11) is 1.66. The summed E-state index contributed by atoms with van der Waals surface area (Å²) in [6.07, 6.45) is 12.1.